The number of phenolic OH excluding ortho intramolecular Hbond substituents is 1. The van der Waals surface area contributed by atoms with Crippen LogP contribution in [0.5, 0.6) is 5.75 Å². The number of phenols is 1. The molecule has 224 valence electrons. The second kappa shape index (κ2) is 10.9. The monoisotopic (exact) mass is 586 g/mol. The molecule has 1 unspecified atom stereocenters. The van der Waals surface area contributed by atoms with Crippen LogP contribution >= 0.6 is 0 Å². The summed E-state index contributed by atoms with van der Waals surface area (Å²) in [6, 6.07) is -0.0519. The average molecular weight is 587 g/mol. The van der Waals surface area contributed by atoms with Crippen LogP contribution in [0.3, 0.4) is 0 Å². The van der Waals surface area contributed by atoms with Crippen LogP contribution in [-0.4, -0.2) is 72.9 Å². The largest absolute Gasteiger partial charge is 0.506 e. The molecule has 40 heavy (non-hydrogen) atoms. The number of aromatic hydroxyl groups is 1. The summed E-state index contributed by atoms with van der Waals surface area (Å²) in [7, 11) is -4.43. The zero-order valence-corrected chi connectivity index (χ0v) is 25.0. The molecule has 14 heteroatoms. The summed E-state index contributed by atoms with van der Waals surface area (Å²) >= 11 is 0. The highest BCUT2D eigenvalue weighted by molar-refractivity contribution is 7.92. The zero-order chi connectivity index (χ0) is 30.4. The molecule has 0 bridgehead atoms. The Morgan fingerprint density at radius 2 is 1.80 bits per heavy atom. The highest BCUT2D eigenvalue weighted by Crippen LogP contribution is 2.45. The summed E-state index contributed by atoms with van der Waals surface area (Å²) in [6.07, 6.45) is -0.157. The third-order valence-corrected chi connectivity index (χ3v) is 7.67. The lowest BCUT2D eigenvalue weighted by Gasteiger charge is -2.36. The van der Waals surface area contributed by atoms with Gasteiger partial charge in [0.2, 0.25) is 0 Å². The van der Waals surface area contributed by atoms with E-state index in [1.54, 1.807) is 46.3 Å². The molecule has 0 saturated carbocycles. The minimum atomic E-state index is -4.43. The smallest absolute Gasteiger partial charge is 0.415 e. The van der Waals surface area contributed by atoms with Gasteiger partial charge in [-0.25, -0.2) is 23.0 Å². The van der Waals surface area contributed by atoms with Crippen molar-refractivity contribution >= 4 is 39.7 Å². The van der Waals surface area contributed by atoms with Gasteiger partial charge in [0.05, 0.1) is 11.7 Å². The highest BCUT2D eigenvalue weighted by atomic mass is 32.2. The Labute approximate surface area is 234 Å². The molecule has 2 aliphatic rings. The maximum Gasteiger partial charge on any atom is 0.415 e. The summed E-state index contributed by atoms with van der Waals surface area (Å²) in [5, 5.41) is 10.8. The molecule has 1 aromatic rings. The Morgan fingerprint density at radius 1 is 1.20 bits per heavy atom. The number of amides is 3. The van der Waals surface area contributed by atoms with Gasteiger partial charge >= 0.3 is 22.4 Å². The van der Waals surface area contributed by atoms with Crippen molar-refractivity contribution in [1.29, 1.82) is 0 Å². The molecule has 1 fully saturated rings. The third kappa shape index (κ3) is 6.70. The second-order valence-corrected chi connectivity index (χ2v) is 13.7. The van der Waals surface area contributed by atoms with Crippen LogP contribution in [0.25, 0.3) is 0 Å². The summed E-state index contributed by atoms with van der Waals surface area (Å²) in [6.45, 7) is 13.2. The van der Waals surface area contributed by atoms with Crippen molar-refractivity contribution in [1.82, 2.24) is 9.62 Å². The number of rotatable bonds is 6. The first-order valence-electron chi connectivity index (χ1n) is 13.1. The van der Waals surface area contributed by atoms with Crippen LogP contribution in [0.15, 0.2) is 6.07 Å². The number of nitrogens with zero attached hydrogens (tertiary/aromatic N) is 3. The predicted octanol–water partition coefficient (Wildman–Crippen LogP) is 3.80. The molecule has 2 aliphatic heterocycles. The van der Waals surface area contributed by atoms with Gasteiger partial charge in [0, 0.05) is 30.6 Å². The van der Waals surface area contributed by atoms with E-state index in [2.05, 4.69) is 0 Å². The Balaban J connectivity index is 2.10. The van der Waals surface area contributed by atoms with E-state index in [1.165, 1.54) is 9.80 Å². The predicted molar refractivity (Wildman–Crippen MR) is 146 cm³/mol. The van der Waals surface area contributed by atoms with Crippen molar-refractivity contribution < 1.29 is 41.8 Å². The number of benzene rings is 1. The van der Waals surface area contributed by atoms with Gasteiger partial charge in [0.1, 0.15) is 29.2 Å². The number of anilines is 2. The fourth-order valence-electron chi connectivity index (χ4n) is 4.73. The molecular formula is C26H39FN4O8S. The zero-order valence-electron chi connectivity index (χ0n) is 24.2. The average Bonchev–Trinajstić information content (AvgIpc) is 3.25. The lowest BCUT2D eigenvalue weighted by Crippen LogP contribution is -2.51. The number of halogens is 1. The molecule has 2 N–H and O–H groups in total. The number of hydrogen-bond donors (Lipinski definition) is 2. The molecular weight excluding hydrogens is 547 g/mol. The van der Waals surface area contributed by atoms with Crippen molar-refractivity contribution in [2.45, 2.75) is 97.9 Å². The Morgan fingerprint density at radius 3 is 2.30 bits per heavy atom. The summed E-state index contributed by atoms with van der Waals surface area (Å²) in [5.41, 5.74) is -2.50. The summed E-state index contributed by atoms with van der Waals surface area (Å²) in [4.78, 5) is 41.1. The fraction of sp³-hybridized carbons (Fsp3) is 0.654. The van der Waals surface area contributed by atoms with Gasteiger partial charge in [-0.15, -0.1) is 0 Å². The lowest BCUT2D eigenvalue weighted by molar-refractivity contribution is -0.117. The molecule has 2 heterocycles. The molecule has 1 saturated heterocycles. The van der Waals surface area contributed by atoms with Crippen molar-refractivity contribution in [3.05, 3.63) is 17.4 Å². The first-order valence-corrected chi connectivity index (χ1v) is 14.6. The van der Waals surface area contributed by atoms with E-state index in [9.17, 15) is 27.9 Å². The Hall–Kier alpha value is -3.29. The number of carbonyl (C=O) groups excluding carboxylic acids is 3. The highest BCUT2D eigenvalue weighted by Gasteiger charge is 2.45. The van der Waals surface area contributed by atoms with Gasteiger partial charge < -0.3 is 19.5 Å². The summed E-state index contributed by atoms with van der Waals surface area (Å²) in [5.74, 6) is -2.77. The van der Waals surface area contributed by atoms with Crippen LogP contribution in [-0.2, 0) is 30.9 Å². The van der Waals surface area contributed by atoms with E-state index < -0.39 is 69.3 Å². The van der Waals surface area contributed by atoms with Gasteiger partial charge in [-0.2, -0.15) is 8.42 Å². The molecule has 0 radical (unpaired) electrons. The van der Waals surface area contributed by atoms with Crippen LogP contribution in [0.2, 0.25) is 0 Å². The van der Waals surface area contributed by atoms with Gasteiger partial charge in [0.15, 0.2) is 5.82 Å². The van der Waals surface area contributed by atoms with Crippen molar-refractivity contribution in [2.75, 3.05) is 22.3 Å². The number of fused-ring (bicyclic) bond motifs is 1. The van der Waals surface area contributed by atoms with E-state index in [0.29, 0.717) is 10.7 Å². The molecule has 0 aromatic heterocycles. The van der Waals surface area contributed by atoms with E-state index in [-0.39, 0.29) is 30.3 Å². The maximum absolute atomic E-state index is 16.0. The number of carbonyl (C=O) groups is 3. The Bertz CT molecular complexity index is 1290. The minimum Gasteiger partial charge on any atom is -0.506 e. The molecule has 2 atom stereocenters. The van der Waals surface area contributed by atoms with Crippen molar-refractivity contribution in [3.8, 4) is 5.75 Å². The van der Waals surface area contributed by atoms with Gasteiger partial charge in [-0.05, 0) is 54.9 Å². The quantitative estimate of drug-likeness (QED) is 0.512. The standard InChI is InChI=1S/C26H39FN4O8S/c1-9-10-15(2)29(23(34)38-25(3,4)5)13-16-11-17-18(31(16)24(35)39-26(6,7)8)12-19(32)22(21(17)27)30-14-20(33)28-40(30,36)37/h12,15-16,32H,9-11,13-14H2,1-8H3,(H,28,33)/t15?,16-/m1/s1. The van der Waals surface area contributed by atoms with Crippen LogP contribution in [0, 0.1) is 5.82 Å². The fourth-order valence-corrected chi connectivity index (χ4v) is 5.89. The van der Waals surface area contributed by atoms with Gasteiger partial charge in [0.25, 0.3) is 5.91 Å². The normalized spacial score (nSPS) is 19.2. The molecule has 0 spiro atoms. The van der Waals surface area contributed by atoms with Gasteiger partial charge in [-0.3, -0.25) is 9.69 Å². The third-order valence-electron chi connectivity index (χ3n) is 6.30. The molecule has 1 aromatic carbocycles. The maximum atomic E-state index is 16.0. The molecule has 0 aliphatic carbocycles. The van der Waals surface area contributed by atoms with E-state index >= 15 is 4.39 Å². The number of hydrogen-bond acceptors (Lipinski definition) is 8. The number of ether oxygens (including phenoxy) is 2. The molecule has 3 rings (SSSR count). The second-order valence-electron chi connectivity index (χ2n) is 12.1. The van der Waals surface area contributed by atoms with Gasteiger partial charge in [-0.1, -0.05) is 13.3 Å². The molecule has 3 amide bonds. The van der Waals surface area contributed by atoms with Crippen LogP contribution in [0.4, 0.5) is 25.4 Å². The van der Waals surface area contributed by atoms with Crippen molar-refractivity contribution in [3.63, 3.8) is 0 Å². The minimum absolute atomic E-state index is 0.0267. The topological polar surface area (TPSA) is 146 Å². The lowest BCUT2D eigenvalue weighted by atomic mass is 10.1. The van der Waals surface area contributed by atoms with Crippen molar-refractivity contribution in [2.24, 2.45) is 0 Å². The summed E-state index contributed by atoms with van der Waals surface area (Å²) < 4.78 is 54.2. The number of nitrogens with one attached hydrogen (secondary N) is 1. The SMILES string of the molecule is CCCC(C)N(C[C@H]1Cc2c(cc(O)c(N3CC(=O)NS3(=O)=O)c2F)N1C(=O)OC(C)(C)C)C(=O)OC(C)(C)C. The molecule has 12 nitrogen and oxygen atoms in total. The van der Waals surface area contributed by atoms with Crippen LogP contribution < -0.4 is 13.9 Å². The van der Waals surface area contributed by atoms with E-state index in [4.69, 9.17) is 9.47 Å². The first kappa shape index (κ1) is 31.2. The van der Waals surface area contributed by atoms with Crippen LogP contribution in [0.1, 0.15) is 73.8 Å². The van der Waals surface area contributed by atoms with E-state index in [0.717, 1.165) is 12.5 Å². The van der Waals surface area contributed by atoms with E-state index in [1.807, 2.05) is 13.8 Å². The Kier molecular flexibility index (Phi) is 8.54. The first-order chi connectivity index (χ1) is 18.3.